The number of hydrogen-bond acceptors (Lipinski definition) is 2. The smallest absolute Gasteiger partial charge is 0.120 e. The standard InChI is InChI=1S/C13H21NO/c1-4-6-13(10-14-3)15-12-8-5-7-11(2)9-12/h5,7-9,13-14H,4,6,10H2,1-3H3. The lowest BCUT2D eigenvalue weighted by Crippen LogP contribution is -2.29. The number of likely N-dealkylation sites (N-methyl/N-ethyl adjacent to an activating group) is 1. The van der Waals surface area contributed by atoms with Gasteiger partial charge in [0.15, 0.2) is 0 Å². The minimum absolute atomic E-state index is 0.279. The van der Waals surface area contributed by atoms with E-state index < -0.39 is 0 Å². The second-order valence-corrected chi connectivity index (χ2v) is 3.90. The second-order valence-electron chi connectivity index (χ2n) is 3.90. The van der Waals surface area contributed by atoms with Crippen LogP contribution in [0, 0.1) is 6.92 Å². The molecule has 2 nitrogen and oxygen atoms in total. The van der Waals surface area contributed by atoms with Crippen molar-refractivity contribution in [3.8, 4) is 5.75 Å². The van der Waals surface area contributed by atoms with Gasteiger partial charge in [0.2, 0.25) is 0 Å². The Hall–Kier alpha value is -1.02. The number of aryl methyl sites for hydroxylation is 1. The van der Waals surface area contributed by atoms with Gasteiger partial charge in [0.05, 0.1) is 0 Å². The summed E-state index contributed by atoms with van der Waals surface area (Å²) in [6.45, 7) is 5.17. The summed E-state index contributed by atoms with van der Waals surface area (Å²) in [4.78, 5) is 0. The quantitative estimate of drug-likeness (QED) is 0.774. The van der Waals surface area contributed by atoms with E-state index in [4.69, 9.17) is 4.74 Å². The molecule has 0 saturated carbocycles. The molecule has 1 unspecified atom stereocenters. The molecule has 0 aliphatic heterocycles. The predicted molar refractivity (Wildman–Crippen MR) is 64.4 cm³/mol. The topological polar surface area (TPSA) is 21.3 Å². The van der Waals surface area contributed by atoms with Crippen molar-refractivity contribution in [3.05, 3.63) is 29.8 Å². The maximum absolute atomic E-state index is 5.91. The third-order valence-electron chi connectivity index (χ3n) is 2.33. The van der Waals surface area contributed by atoms with Crippen LogP contribution in [-0.4, -0.2) is 19.7 Å². The van der Waals surface area contributed by atoms with Crippen LogP contribution in [0.3, 0.4) is 0 Å². The highest BCUT2D eigenvalue weighted by Crippen LogP contribution is 2.15. The molecular formula is C13H21NO. The van der Waals surface area contributed by atoms with Gasteiger partial charge in [-0.3, -0.25) is 0 Å². The number of nitrogens with one attached hydrogen (secondary N) is 1. The Kier molecular flexibility index (Phi) is 5.19. The summed E-state index contributed by atoms with van der Waals surface area (Å²) in [5.41, 5.74) is 1.24. The summed E-state index contributed by atoms with van der Waals surface area (Å²) >= 11 is 0. The first kappa shape index (κ1) is 12.1. The van der Waals surface area contributed by atoms with Crippen molar-refractivity contribution >= 4 is 0 Å². The van der Waals surface area contributed by atoms with E-state index in [1.807, 2.05) is 19.2 Å². The molecule has 1 atom stereocenters. The van der Waals surface area contributed by atoms with E-state index in [0.717, 1.165) is 25.1 Å². The predicted octanol–water partition coefficient (Wildman–Crippen LogP) is 2.76. The van der Waals surface area contributed by atoms with Gasteiger partial charge in [-0.05, 0) is 38.1 Å². The average molecular weight is 207 g/mol. The maximum atomic E-state index is 5.91. The van der Waals surface area contributed by atoms with Gasteiger partial charge in [-0.2, -0.15) is 0 Å². The fraction of sp³-hybridized carbons (Fsp3) is 0.538. The summed E-state index contributed by atoms with van der Waals surface area (Å²) < 4.78 is 5.91. The Morgan fingerprint density at radius 2 is 2.20 bits per heavy atom. The van der Waals surface area contributed by atoms with Crippen molar-refractivity contribution in [2.24, 2.45) is 0 Å². The summed E-state index contributed by atoms with van der Waals surface area (Å²) in [5, 5.41) is 3.16. The van der Waals surface area contributed by atoms with Gasteiger partial charge in [-0.1, -0.05) is 25.5 Å². The minimum Gasteiger partial charge on any atom is -0.489 e. The van der Waals surface area contributed by atoms with Crippen LogP contribution < -0.4 is 10.1 Å². The summed E-state index contributed by atoms with van der Waals surface area (Å²) in [7, 11) is 1.96. The van der Waals surface area contributed by atoms with Crippen LogP contribution in [0.2, 0.25) is 0 Å². The van der Waals surface area contributed by atoms with Gasteiger partial charge in [-0.15, -0.1) is 0 Å². The molecule has 0 spiro atoms. The first-order chi connectivity index (χ1) is 7.26. The Morgan fingerprint density at radius 1 is 1.40 bits per heavy atom. The van der Waals surface area contributed by atoms with E-state index in [-0.39, 0.29) is 6.10 Å². The van der Waals surface area contributed by atoms with Gasteiger partial charge in [0, 0.05) is 6.54 Å². The molecule has 0 aliphatic carbocycles. The fourth-order valence-electron chi connectivity index (χ4n) is 1.63. The zero-order valence-electron chi connectivity index (χ0n) is 9.92. The molecule has 2 heteroatoms. The molecule has 1 aromatic carbocycles. The third kappa shape index (κ3) is 4.34. The largest absolute Gasteiger partial charge is 0.489 e. The van der Waals surface area contributed by atoms with Crippen molar-refractivity contribution in [2.75, 3.05) is 13.6 Å². The molecule has 0 fully saturated rings. The van der Waals surface area contributed by atoms with Crippen molar-refractivity contribution in [2.45, 2.75) is 32.8 Å². The Balaban J connectivity index is 2.56. The zero-order chi connectivity index (χ0) is 11.1. The first-order valence-electron chi connectivity index (χ1n) is 5.64. The summed E-state index contributed by atoms with van der Waals surface area (Å²) in [6.07, 6.45) is 2.52. The molecule has 0 amide bonds. The summed E-state index contributed by atoms with van der Waals surface area (Å²) in [6, 6.07) is 8.22. The molecule has 0 radical (unpaired) electrons. The van der Waals surface area contributed by atoms with Gasteiger partial charge in [0.25, 0.3) is 0 Å². The summed E-state index contributed by atoms with van der Waals surface area (Å²) in [5.74, 6) is 0.976. The van der Waals surface area contributed by atoms with E-state index in [1.54, 1.807) is 0 Å². The molecule has 0 bridgehead atoms. The SMILES string of the molecule is CCCC(CNC)Oc1cccc(C)c1. The number of ether oxygens (including phenoxy) is 1. The Bertz CT molecular complexity index is 280. The van der Waals surface area contributed by atoms with Crippen LogP contribution in [0.5, 0.6) is 5.75 Å². The van der Waals surface area contributed by atoms with E-state index >= 15 is 0 Å². The van der Waals surface area contributed by atoms with Gasteiger partial charge in [-0.25, -0.2) is 0 Å². The minimum atomic E-state index is 0.279. The van der Waals surface area contributed by atoms with Crippen LogP contribution >= 0.6 is 0 Å². The molecule has 1 aromatic rings. The van der Waals surface area contributed by atoms with Gasteiger partial charge >= 0.3 is 0 Å². The van der Waals surface area contributed by atoms with E-state index in [0.29, 0.717) is 0 Å². The van der Waals surface area contributed by atoms with Crippen LogP contribution in [0.15, 0.2) is 24.3 Å². The highest BCUT2D eigenvalue weighted by molar-refractivity contribution is 5.27. The molecule has 15 heavy (non-hydrogen) atoms. The van der Waals surface area contributed by atoms with Crippen molar-refractivity contribution in [1.82, 2.24) is 5.32 Å². The van der Waals surface area contributed by atoms with E-state index in [2.05, 4.69) is 31.3 Å². The molecule has 0 saturated heterocycles. The monoisotopic (exact) mass is 207 g/mol. The lowest BCUT2D eigenvalue weighted by molar-refractivity contribution is 0.189. The molecular weight excluding hydrogens is 186 g/mol. The average Bonchev–Trinajstić information content (AvgIpc) is 2.18. The molecule has 84 valence electrons. The Morgan fingerprint density at radius 3 is 2.80 bits per heavy atom. The molecule has 0 heterocycles. The zero-order valence-corrected chi connectivity index (χ0v) is 9.92. The third-order valence-corrected chi connectivity index (χ3v) is 2.33. The van der Waals surface area contributed by atoms with Crippen molar-refractivity contribution in [3.63, 3.8) is 0 Å². The number of hydrogen-bond donors (Lipinski definition) is 1. The van der Waals surface area contributed by atoms with E-state index in [9.17, 15) is 0 Å². The number of benzene rings is 1. The molecule has 1 rings (SSSR count). The maximum Gasteiger partial charge on any atom is 0.120 e. The fourth-order valence-corrected chi connectivity index (χ4v) is 1.63. The number of rotatable bonds is 6. The lowest BCUT2D eigenvalue weighted by atomic mass is 10.2. The second kappa shape index (κ2) is 6.46. The van der Waals surface area contributed by atoms with Gasteiger partial charge in [0.1, 0.15) is 11.9 Å². The molecule has 1 N–H and O–H groups in total. The van der Waals surface area contributed by atoms with Crippen LogP contribution in [-0.2, 0) is 0 Å². The van der Waals surface area contributed by atoms with Crippen molar-refractivity contribution < 1.29 is 4.74 Å². The molecule has 0 aliphatic rings. The van der Waals surface area contributed by atoms with E-state index in [1.165, 1.54) is 5.56 Å². The van der Waals surface area contributed by atoms with Crippen LogP contribution in [0.1, 0.15) is 25.3 Å². The highest BCUT2D eigenvalue weighted by atomic mass is 16.5. The van der Waals surface area contributed by atoms with Crippen LogP contribution in [0.25, 0.3) is 0 Å². The van der Waals surface area contributed by atoms with Gasteiger partial charge < -0.3 is 10.1 Å². The van der Waals surface area contributed by atoms with Crippen LogP contribution in [0.4, 0.5) is 0 Å². The lowest BCUT2D eigenvalue weighted by Gasteiger charge is -2.18. The Labute approximate surface area is 92.6 Å². The first-order valence-corrected chi connectivity index (χ1v) is 5.64. The molecule has 0 aromatic heterocycles. The highest BCUT2D eigenvalue weighted by Gasteiger charge is 2.07. The normalized spacial score (nSPS) is 12.5. The van der Waals surface area contributed by atoms with Crippen molar-refractivity contribution in [1.29, 1.82) is 0 Å².